The van der Waals surface area contributed by atoms with Gasteiger partial charge in [0.25, 0.3) is 0 Å². The van der Waals surface area contributed by atoms with Gasteiger partial charge in [-0.25, -0.2) is 0 Å². The summed E-state index contributed by atoms with van der Waals surface area (Å²) in [6.07, 6.45) is -8.82. The summed E-state index contributed by atoms with van der Waals surface area (Å²) in [5, 5.41) is 0. The molecule has 0 radical (unpaired) electrons. The molecule has 0 bridgehead atoms. The molecule has 0 aliphatic carbocycles. The Labute approximate surface area is 203 Å². The number of rotatable bonds is 5. The van der Waals surface area contributed by atoms with E-state index in [1.165, 1.54) is 12.1 Å². The fraction of sp³-hybridized carbons (Fsp3) is 0.300. The molecule has 0 fully saturated rings. The van der Waals surface area contributed by atoms with Gasteiger partial charge in [-0.3, -0.25) is 0 Å². The number of aryl methyl sites for hydroxylation is 1. The van der Waals surface area contributed by atoms with Crippen LogP contribution < -0.4 is 0 Å². The van der Waals surface area contributed by atoms with E-state index in [9.17, 15) is 26.3 Å². The third kappa shape index (κ3) is 5.02. The van der Waals surface area contributed by atoms with Crippen LogP contribution in [0.2, 0.25) is 0 Å². The Morgan fingerprint density at radius 3 is 1.67 bits per heavy atom. The van der Waals surface area contributed by atoms with Crippen molar-refractivity contribution in [3.05, 3.63) is 77.1 Å². The predicted octanol–water partition coefficient (Wildman–Crippen LogP) is 9.36. The van der Waals surface area contributed by atoms with Crippen LogP contribution in [-0.4, -0.2) is 12.4 Å². The molecule has 2 aromatic rings. The Morgan fingerprint density at radius 1 is 0.833 bits per heavy atom. The van der Waals surface area contributed by atoms with Crippen LogP contribution in [0.4, 0.5) is 26.3 Å². The number of hydrogen-bond donors (Lipinski definition) is 0. The smallest absolute Gasteiger partial charge is 0.169 e. The molecule has 0 heterocycles. The zero-order chi connectivity index (χ0) is 22.9. The van der Waals surface area contributed by atoms with Crippen molar-refractivity contribution in [3.8, 4) is 0 Å². The Bertz CT molecular complexity index is 889. The topological polar surface area (TPSA) is 0 Å². The summed E-state index contributed by atoms with van der Waals surface area (Å²) in [7, 11) is 0. The molecule has 0 saturated heterocycles. The normalized spacial score (nSPS) is 12.8. The Hall–Kier alpha value is -0.320. The van der Waals surface area contributed by atoms with E-state index in [0.717, 1.165) is 24.3 Å². The van der Waals surface area contributed by atoms with E-state index in [2.05, 4.69) is 63.7 Å². The summed E-state index contributed by atoms with van der Waals surface area (Å²) >= 11 is 12.6. The molecule has 30 heavy (non-hydrogen) atoms. The lowest BCUT2D eigenvalue weighted by molar-refractivity contribution is -0.288. The maximum atomic E-state index is 14.3. The predicted molar refractivity (Wildman–Crippen MR) is 120 cm³/mol. The number of benzene rings is 2. The highest BCUT2D eigenvalue weighted by atomic mass is 79.9. The summed E-state index contributed by atoms with van der Waals surface area (Å²) in [6, 6.07) is 6.17. The molecule has 0 unspecified atom stereocenters. The quantitative estimate of drug-likeness (QED) is 0.275. The van der Waals surface area contributed by atoms with Gasteiger partial charge in [0, 0.05) is 8.95 Å². The van der Waals surface area contributed by atoms with Crippen molar-refractivity contribution in [3.63, 3.8) is 0 Å². The highest BCUT2D eigenvalue weighted by Gasteiger charge is 2.72. The highest BCUT2D eigenvalue weighted by Crippen LogP contribution is 2.57. The molecule has 0 saturated carbocycles. The standard InChI is InChI=1S/C20H14Br4F6/c1-2-11-3-5-12(6-4-11)18(19(25,26)27,20(28,29)30)13-9-15(21)14(16(22)10-13)7-8-17(23)24/h3-6,8-10H,2,7H2,1H3. The number of alkyl halides is 6. The molecule has 10 heteroatoms. The van der Waals surface area contributed by atoms with E-state index in [4.69, 9.17) is 0 Å². The molecule has 0 aliphatic heterocycles. The summed E-state index contributed by atoms with van der Waals surface area (Å²) in [4.78, 5) is 0. The van der Waals surface area contributed by atoms with E-state index in [0.29, 0.717) is 20.9 Å². The number of hydrogen-bond acceptors (Lipinski definition) is 0. The SMILES string of the molecule is CCc1ccc(C(c2cc(Br)c(CC=C(Br)Br)c(Br)c2)(C(F)(F)F)C(F)(F)F)cc1. The minimum absolute atomic E-state index is 0.132. The number of allylic oxidation sites excluding steroid dienone is 1. The van der Waals surface area contributed by atoms with Gasteiger partial charge in [0.1, 0.15) is 0 Å². The molecule has 2 rings (SSSR count). The van der Waals surface area contributed by atoms with Crippen molar-refractivity contribution in [1.29, 1.82) is 0 Å². The van der Waals surface area contributed by atoms with Crippen molar-refractivity contribution in [2.45, 2.75) is 37.5 Å². The van der Waals surface area contributed by atoms with Crippen molar-refractivity contribution >= 4 is 63.7 Å². The van der Waals surface area contributed by atoms with E-state index in [1.807, 2.05) is 0 Å². The first-order valence-corrected chi connectivity index (χ1v) is 11.6. The fourth-order valence-electron chi connectivity index (χ4n) is 3.17. The molecular formula is C20H14Br4F6. The van der Waals surface area contributed by atoms with Gasteiger partial charge in [-0.1, -0.05) is 69.1 Å². The summed E-state index contributed by atoms with van der Waals surface area (Å²) < 4.78 is 86.5. The lowest BCUT2D eigenvalue weighted by atomic mass is 9.72. The third-order valence-corrected chi connectivity index (χ3v) is 6.74. The van der Waals surface area contributed by atoms with Crippen LogP contribution in [0.1, 0.15) is 29.2 Å². The molecule has 0 aliphatic rings. The largest absolute Gasteiger partial charge is 0.411 e. The first kappa shape index (κ1) is 25.9. The van der Waals surface area contributed by atoms with Crippen LogP contribution >= 0.6 is 63.7 Å². The van der Waals surface area contributed by atoms with Gasteiger partial charge in [0.05, 0.1) is 3.39 Å². The highest BCUT2D eigenvalue weighted by molar-refractivity contribution is 9.28. The van der Waals surface area contributed by atoms with Crippen molar-refractivity contribution in [2.75, 3.05) is 0 Å². The fourth-order valence-corrected chi connectivity index (χ4v) is 5.00. The second kappa shape index (κ2) is 9.67. The second-order valence-electron chi connectivity index (χ2n) is 6.41. The van der Waals surface area contributed by atoms with E-state index in [-0.39, 0.29) is 15.4 Å². The van der Waals surface area contributed by atoms with Gasteiger partial charge in [-0.05, 0) is 79.1 Å². The Kier molecular flexibility index (Phi) is 8.36. The Morgan fingerprint density at radius 2 is 1.30 bits per heavy atom. The van der Waals surface area contributed by atoms with E-state index in [1.54, 1.807) is 13.0 Å². The molecule has 164 valence electrons. The van der Waals surface area contributed by atoms with Crippen LogP contribution in [-0.2, 0) is 18.3 Å². The number of halogens is 10. The summed E-state index contributed by atoms with van der Waals surface area (Å²) in [5.41, 5.74) is -4.83. The average molecular weight is 688 g/mol. The molecular weight excluding hydrogens is 674 g/mol. The van der Waals surface area contributed by atoms with Gasteiger partial charge in [0.2, 0.25) is 5.41 Å². The van der Waals surface area contributed by atoms with Gasteiger partial charge in [-0.15, -0.1) is 0 Å². The monoisotopic (exact) mass is 684 g/mol. The zero-order valence-corrected chi connectivity index (χ0v) is 21.6. The molecule has 0 aromatic heterocycles. The first-order valence-electron chi connectivity index (χ1n) is 8.48. The van der Waals surface area contributed by atoms with Crippen LogP contribution in [0, 0.1) is 0 Å². The van der Waals surface area contributed by atoms with Gasteiger partial charge < -0.3 is 0 Å². The van der Waals surface area contributed by atoms with Crippen molar-refractivity contribution in [2.24, 2.45) is 0 Å². The van der Waals surface area contributed by atoms with Gasteiger partial charge in [-0.2, -0.15) is 26.3 Å². The molecule has 0 nitrogen and oxygen atoms in total. The molecule has 0 amide bonds. The summed E-state index contributed by atoms with van der Waals surface area (Å²) in [5.74, 6) is 0. The Balaban J connectivity index is 2.85. The third-order valence-electron chi connectivity index (χ3n) is 4.68. The lowest BCUT2D eigenvalue weighted by Crippen LogP contribution is -2.54. The van der Waals surface area contributed by atoms with Crippen molar-refractivity contribution in [1.82, 2.24) is 0 Å². The molecule has 0 spiro atoms. The zero-order valence-electron chi connectivity index (χ0n) is 15.2. The van der Waals surface area contributed by atoms with Crippen LogP contribution in [0.25, 0.3) is 0 Å². The summed E-state index contributed by atoms with van der Waals surface area (Å²) in [6.45, 7) is 1.77. The lowest BCUT2D eigenvalue weighted by Gasteiger charge is -2.38. The van der Waals surface area contributed by atoms with Crippen LogP contribution in [0.3, 0.4) is 0 Å². The maximum Gasteiger partial charge on any atom is 0.411 e. The maximum absolute atomic E-state index is 14.3. The van der Waals surface area contributed by atoms with Gasteiger partial charge in [0.15, 0.2) is 0 Å². The van der Waals surface area contributed by atoms with Crippen LogP contribution in [0.5, 0.6) is 0 Å². The molecule has 0 atom stereocenters. The minimum atomic E-state index is -5.63. The molecule has 0 N–H and O–H groups in total. The minimum Gasteiger partial charge on any atom is -0.169 e. The average Bonchev–Trinajstić information content (AvgIpc) is 2.59. The van der Waals surface area contributed by atoms with E-state index >= 15 is 0 Å². The van der Waals surface area contributed by atoms with E-state index < -0.39 is 28.9 Å². The van der Waals surface area contributed by atoms with Crippen LogP contribution in [0.15, 0.2) is 54.8 Å². The molecule has 2 aromatic carbocycles. The van der Waals surface area contributed by atoms with Crippen molar-refractivity contribution < 1.29 is 26.3 Å². The van der Waals surface area contributed by atoms with Gasteiger partial charge >= 0.3 is 12.4 Å². The first-order chi connectivity index (χ1) is 13.8. The second-order valence-corrected chi connectivity index (χ2v) is 10.9.